The van der Waals surface area contributed by atoms with E-state index in [0.717, 1.165) is 24.8 Å². The van der Waals surface area contributed by atoms with Crippen molar-refractivity contribution in [3.05, 3.63) is 35.9 Å². The van der Waals surface area contributed by atoms with Gasteiger partial charge in [-0.1, -0.05) is 25.0 Å². The molecule has 0 radical (unpaired) electrons. The van der Waals surface area contributed by atoms with Crippen LogP contribution in [0, 0.1) is 0 Å². The number of aliphatic hydroxyl groups excluding tert-OH is 1. The summed E-state index contributed by atoms with van der Waals surface area (Å²) < 4.78 is 0. The van der Waals surface area contributed by atoms with E-state index < -0.39 is 6.10 Å². The van der Waals surface area contributed by atoms with Crippen molar-refractivity contribution < 1.29 is 5.11 Å². The number of rotatable bonds is 6. The lowest BCUT2D eigenvalue weighted by molar-refractivity contribution is 0.168. The number of nitrogens with zero attached hydrogens (tertiary/aromatic N) is 2. The highest BCUT2D eigenvalue weighted by atomic mass is 16.3. The molecule has 0 bridgehead atoms. The van der Waals surface area contributed by atoms with Crippen LogP contribution in [-0.2, 0) is 0 Å². The third-order valence-corrected chi connectivity index (χ3v) is 2.54. The fourth-order valence-corrected chi connectivity index (χ4v) is 1.63. The van der Waals surface area contributed by atoms with E-state index in [2.05, 4.69) is 29.9 Å². The zero-order valence-electron chi connectivity index (χ0n) is 10.1. The Morgan fingerprint density at radius 2 is 2.12 bits per heavy atom. The van der Waals surface area contributed by atoms with Crippen molar-refractivity contribution >= 4 is 0 Å². The van der Waals surface area contributed by atoms with Crippen molar-refractivity contribution in [1.82, 2.24) is 9.97 Å². The largest absolute Gasteiger partial charge is 0.388 e. The van der Waals surface area contributed by atoms with Crippen molar-refractivity contribution in [2.75, 3.05) is 0 Å². The molecule has 88 valence electrons. The molecule has 0 aliphatic rings. The number of aliphatic hydroxyl groups is 1. The lowest BCUT2D eigenvalue weighted by Crippen LogP contribution is -1.98. The maximum absolute atomic E-state index is 9.85. The van der Waals surface area contributed by atoms with Crippen LogP contribution in [-0.4, -0.2) is 15.1 Å². The van der Waals surface area contributed by atoms with Crippen molar-refractivity contribution in [3.63, 3.8) is 0 Å². The van der Waals surface area contributed by atoms with Crippen LogP contribution in [0.15, 0.2) is 30.4 Å². The smallest absolute Gasteiger partial charge is 0.115 e. The summed E-state index contributed by atoms with van der Waals surface area (Å²) in [5.74, 6) is 0. The van der Waals surface area contributed by atoms with Crippen molar-refractivity contribution in [1.29, 1.82) is 0 Å². The average molecular weight is 220 g/mol. The third kappa shape index (κ3) is 4.53. The van der Waals surface area contributed by atoms with Crippen molar-refractivity contribution in [3.8, 4) is 0 Å². The molecule has 1 rings (SSSR count). The highest BCUT2D eigenvalue weighted by Gasteiger charge is 2.06. The van der Waals surface area contributed by atoms with Gasteiger partial charge in [0.15, 0.2) is 0 Å². The summed E-state index contributed by atoms with van der Waals surface area (Å²) in [7, 11) is 0. The summed E-state index contributed by atoms with van der Waals surface area (Å²) >= 11 is 0. The summed E-state index contributed by atoms with van der Waals surface area (Å²) in [5, 5.41) is 9.85. The number of allylic oxidation sites excluding steroid dienone is 2. The summed E-state index contributed by atoms with van der Waals surface area (Å²) in [6.07, 6.45) is 10.5. The van der Waals surface area contributed by atoms with Crippen LogP contribution in [0.2, 0.25) is 0 Å². The molecular weight excluding hydrogens is 200 g/mol. The predicted octanol–water partition coefficient (Wildman–Crippen LogP) is 3.04. The van der Waals surface area contributed by atoms with Crippen LogP contribution in [0.1, 0.15) is 51.2 Å². The predicted molar refractivity (Wildman–Crippen MR) is 64.9 cm³/mol. The van der Waals surface area contributed by atoms with Gasteiger partial charge in [0.2, 0.25) is 0 Å². The zero-order chi connectivity index (χ0) is 11.8. The van der Waals surface area contributed by atoms with Gasteiger partial charge in [-0.25, -0.2) is 9.97 Å². The van der Waals surface area contributed by atoms with E-state index in [0.29, 0.717) is 0 Å². The second kappa shape index (κ2) is 7.12. The van der Waals surface area contributed by atoms with Crippen LogP contribution in [0.3, 0.4) is 0 Å². The van der Waals surface area contributed by atoms with Gasteiger partial charge >= 0.3 is 0 Å². The normalized spacial score (nSPS) is 13.8. The first kappa shape index (κ1) is 12.8. The third-order valence-electron chi connectivity index (χ3n) is 2.54. The van der Waals surface area contributed by atoms with Gasteiger partial charge in [0.1, 0.15) is 6.33 Å². The van der Waals surface area contributed by atoms with E-state index >= 15 is 0 Å². The van der Waals surface area contributed by atoms with Crippen LogP contribution in [0.25, 0.3) is 0 Å². The average Bonchev–Trinajstić information content (AvgIpc) is 2.30. The second-order valence-electron chi connectivity index (χ2n) is 4.07. The molecule has 3 heteroatoms. The van der Waals surface area contributed by atoms with E-state index in [1.54, 1.807) is 12.4 Å². The van der Waals surface area contributed by atoms with Crippen LogP contribution in [0.5, 0.6) is 0 Å². The fraction of sp³-hybridized carbons (Fsp3) is 0.538. The van der Waals surface area contributed by atoms with E-state index in [1.807, 2.05) is 0 Å². The topological polar surface area (TPSA) is 46.0 Å². The van der Waals surface area contributed by atoms with Crippen LogP contribution < -0.4 is 0 Å². The van der Waals surface area contributed by atoms with Crippen molar-refractivity contribution in [2.24, 2.45) is 0 Å². The Kier molecular flexibility index (Phi) is 5.72. The maximum atomic E-state index is 9.85. The van der Waals surface area contributed by atoms with Gasteiger partial charge in [-0.2, -0.15) is 0 Å². The van der Waals surface area contributed by atoms with E-state index in [9.17, 15) is 5.11 Å². The molecule has 1 N–H and O–H groups in total. The Morgan fingerprint density at radius 1 is 1.44 bits per heavy atom. The SMILES string of the molecule is CCCC(C)=CCCC(O)c1cncnc1. The first-order valence-electron chi connectivity index (χ1n) is 5.82. The molecule has 1 unspecified atom stereocenters. The molecule has 0 fully saturated rings. The molecule has 1 atom stereocenters. The molecular formula is C13H20N2O. The Labute approximate surface area is 97.3 Å². The molecule has 0 saturated carbocycles. The Bertz CT molecular complexity index is 322. The molecule has 0 spiro atoms. The Morgan fingerprint density at radius 3 is 2.75 bits per heavy atom. The van der Waals surface area contributed by atoms with Gasteiger partial charge in [0, 0.05) is 18.0 Å². The number of hydrogen-bond acceptors (Lipinski definition) is 3. The van der Waals surface area contributed by atoms with Gasteiger partial charge < -0.3 is 5.11 Å². The Balaban J connectivity index is 2.36. The highest BCUT2D eigenvalue weighted by Crippen LogP contribution is 2.17. The van der Waals surface area contributed by atoms with Crippen LogP contribution in [0.4, 0.5) is 0 Å². The lowest BCUT2D eigenvalue weighted by Gasteiger charge is -2.08. The molecule has 1 aromatic heterocycles. The van der Waals surface area contributed by atoms with Crippen molar-refractivity contribution in [2.45, 2.75) is 45.6 Å². The van der Waals surface area contributed by atoms with E-state index in [-0.39, 0.29) is 0 Å². The molecule has 0 aliphatic carbocycles. The highest BCUT2D eigenvalue weighted by molar-refractivity contribution is 5.07. The standard InChI is InChI=1S/C13H20N2O/c1-3-5-11(2)6-4-7-13(16)12-8-14-10-15-9-12/h6,8-10,13,16H,3-5,7H2,1-2H3. The van der Waals surface area contributed by atoms with Gasteiger partial charge in [0.25, 0.3) is 0 Å². The molecule has 0 amide bonds. The minimum absolute atomic E-state index is 0.452. The molecule has 16 heavy (non-hydrogen) atoms. The monoisotopic (exact) mass is 220 g/mol. The summed E-state index contributed by atoms with van der Waals surface area (Å²) in [5.41, 5.74) is 2.20. The molecule has 0 saturated heterocycles. The molecule has 0 aromatic carbocycles. The van der Waals surface area contributed by atoms with Gasteiger partial charge in [-0.05, 0) is 26.2 Å². The number of aromatic nitrogens is 2. The van der Waals surface area contributed by atoms with Gasteiger partial charge in [0.05, 0.1) is 6.10 Å². The molecule has 1 heterocycles. The van der Waals surface area contributed by atoms with Gasteiger partial charge in [-0.15, -0.1) is 0 Å². The lowest BCUT2D eigenvalue weighted by atomic mass is 10.1. The number of hydrogen-bond donors (Lipinski definition) is 1. The fourth-order valence-electron chi connectivity index (χ4n) is 1.63. The summed E-state index contributed by atoms with van der Waals surface area (Å²) in [6.45, 7) is 4.31. The zero-order valence-corrected chi connectivity index (χ0v) is 10.1. The summed E-state index contributed by atoms with van der Waals surface area (Å²) in [6, 6.07) is 0. The minimum Gasteiger partial charge on any atom is -0.388 e. The van der Waals surface area contributed by atoms with Gasteiger partial charge in [-0.3, -0.25) is 0 Å². The Hall–Kier alpha value is -1.22. The molecule has 1 aromatic rings. The van der Waals surface area contributed by atoms with E-state index in [1.165, 1.54) is 18.3 Å². The van der Waals surface area contributed by atoms with E-state index in [4.69, 9.17) is 0 Å². The second-order valence-corrected chi connectivity index (χ2v) is 4.07. The quantitative estimate of drug-likeness (QED) is 0.749. The first-order chi connectivity index (χ1) is 7.74. The molecule has 3 nitrogen and oxygen atoms in total. The maximum Gasteiger partial charge on any atom is 0.115 e. The minimum atomic E-state index is -0.452. The first-order valence-corrected chi connectivity index (χ1v) is 5.82. The summed E-state index contributed by atoms with van der Waals surface area (Å²) in [4.78, 5) is 7.78. The molecule has 0 aliphatic heterocycles. The van der Waals surface area contributed by atoms with Crippen LogP contribution >= 0.6 is 0 Å².